The predicted octanol–water partition coefficient (Wildman–Crippen LogP) is 4.71. The Kier molecular flexibility index (Phi) is 6.80. The molecule has 3 aromatic rings. The standard InChI is InChI=1S/C25H19F2N5O2S/c1-15-10-19(14-29-22(15)13-28)32-23(33)6-3-9-31(25(32)35)18-7-8-20(21(27)12-18)24(34)30-17-5-2-4-16(26)11-17/h2,4-5,7-8,10-12,14H,3,6,9H2,1H3,(H,30,34). The molecule has 10 heteroatoms. The van der Waals surface area contributed by atoms with Crippen molar-refractivity contribution in [2.24, 2.45) is 0 Å². The van der Waals surface area contributed by atoms with Gasteiger partial charge in [-0.1, -0.05) is 6.07 Å². The summed E-state index contributed by atoms with van der Waals surface area (Å²) in [6, 6.07) is 12.9. The molecule has 0 radical (unpaired) electrons. The van der Waals surface area contributed by atoms with Crippen LogP contribution in [0.3, 0.4) is 0 Å². The number of anilines is 3. The fourth-order valence-corrected chi connectivity index (χ4v) is 4.14. The first kappa shape index (κ1) is 23.9. The molecular formula is C25H19F2N5O2S. The Labute approximate surface area is 205 Å². The van der Waals surface area contributed by atoms with Crippen molar-refractivity contribution >= 4 is 46.2 Å². The van der Waals surface area contributed by atoms with E-state index in [1.165, 1.54) is 47.5 Å². The molecule has 0 unspecified atom stereocenters. The Morgan fingerprint density at radius 3 is 2.66 bits per heavy atom. The molecule has 35 heavy (non-hydrogen) atoms. The van der Waals surface area contributed by atoms with Crippen molar-refractivity contribution in [3.05, 3.63) is 83.2 Å². The number of hydrogen-bond donors (Lipinski definition) is 1. The second kappa shape index (κ2) is 9.95. The lowest BCUT2D eigenvalue weighted by atomic mass is 10.1. The number of pyridine rings is 1. The molecule has 1 saturated heterocycles. The first-order chi connectivity index (χ1) is 16.8. The van der Waals surface area contributed by atoms with Crippen LogP contribution in [0.1, 0.15) is 34.5 Å². The number of aromatic nitrogens is 1. The van der Waals surface area contributed by atoms with Crippen molar-refractivity contribution in [2.45, 2.75) is 19.8 Å². The normalized spacial score (nSPS) is 13.9. The van der Waals surface area contributed by atoms with Crippen molar-refractivity contribution in [3.63, 3.8) is 0 Å². The van der Waals surface area contributed by atoms with Gasteiger partial charge < -0.3 is 10.2 Å². The maximum atomic E-state index is 15.0. The van der Waals surface area contributed by atoms with E-state index in [0.717, 1.165) is 6.07 Å². The number of halogens is 2. The van der Waals surface area contributed by atoms with Gasteiger partial charge in [0.2, 0.25) is 5.91 Å². The van der Waals surface area contributed by atoms with Gasteiger partial charge in [0.1, 0.15) is 23.4 Å². The van der Waals surface area contributed by atoms with Crippen LogP contribution < -0.4 is 15.1 Å². The van der Waals surface area contributed by atoms with Gasteiger partial charge in [0, 0.05) is 24.3 Å². The van der Waals surface area contributed by atoms with Gasteiger partial charge in [0.15, 0.2) is 5.11 Å². The SMILES string of the molecule is Cc1cc(N2C(=O)CCCN(c3ccc(C(=O)Nc4cccc(F)c4)c(F)c3)C2=S)cnc1C#N. The summed E-state index contributed by atoms with van der Waals surface area (Å²) in [6.45, 7) is 2.07. The Morgan fingerprint density at radius 2 is 1.97 bits per heavy atom. The summed E-state index contributed by atoms with van der Waals surface area (Å²) >= 11 is 5.61. The zero-order valence-corrected chi connectivity index (χ0v) is 19.4. The van der Waals surface area contributed by atoms with Gasteiger partial charge >= 0.3 is 0 Å². The van der Waals surface area contributed by atoms with Gasteiger partial charge in [-0.3, -0.25) is 14.5 Å². The highest BCUT2D eigenvalue weighted by Crippen LogP contribution is 2.27. The highest BCUT2D eigenvalue weighted by Gasteiger charge is 2.30. The zero-order valence-electron chi connectivity index (χ0n) is 18.6. The van der Waals surface area contributed by atoms with Crippen LogP contribution in [0.15, 0.2) is 54.7 Å². The molecule has 0 aliphatic carbocycles. The molecule has 2 aromatic carbocycles. The molecule has 1 N–H and O–H groups in total. The molecule has 0 bridgehead atoms. The number of benzene rings is 2. The van der Waals surface area contributed by atoms with E-state index in [4.69, 9.17) is 17.5 Å². The Morgan fingerprint density at radius 1 is 1.17 bits per heavy atom. The van der Waals surface area contributed by atoms with E-state index in [-0.39, 0.29) is 34.4 Å². The number of nitrogens with one attached hydrogen (secondary N) is 1. The molecule has 0 atom stereocenters. The van der Waals surface area contributed by atoms with Gasteiger partial charge in [0.05, 0.1) is 17.4 Å². The van der Waals surface area contributed by atoms with Crippen molar-refractivity contribution in [2.75, 3.05) is 21.7 Å². The number of thiocarbonyl (C=S) groups is 1. The summed E-state index contributed by atoms with van der Waals surface area (Å²) in [6.07, 6.45) is 2.09. The fourth-order valence-electron chi connectivity index (χ4n) is 3.74. The average Bonchev–Trinajstić information content (AvgIpc) is 2.96. The summed E-state index contributed by atoms with van der Waals surface area (Å²) in [5.74, 6) is -2.29. The van der Waals surface area contributed by atoms with Crippen LogP contribution in [0.4, 0.5) is 25.8 Å². The number of amides is 2. The predicted molar refractivity (Wildman–Crippen MR) is 131 cm³/mol. The fraction of sp³-hybridized carbons (Fsp3) is 0.160. The first-order valence-corrected chi connectivity index (χ1v) is 11.1. The molecule has 1 aromatic heterocycles. The number of hydrogen-bond acceptors (Lipinski definition) is 5. The van der Waals surface area contributed by atoms with Crippen LogP contribution in [0, 0.1) is 29.9 Å². The molecule has 0 saturated carbocycles. The van der Waals surface area contributed by atoms with Crippen LogP contribution in [-0.4, -0.2) is 28.5 Å². The molecule has 0 spiro atoms. The molecule has 7 nitrogen and oxygen atoms in total. The van der Waals surface area contributed by atoms with Crippen LogP contribution >= 0.6 is 12.2 Å². The average molecular weight is 492 g/mol. The Bertz CT molecular complexity index is 1390. The first-order valence-electron chi connectivity index (χ1n) is 10.7. The summed E-state index contributed by atoms with van der Waals surface area (Å²) < 4.78 is 28.4. The maximum Gasteiger partial charge on any atom is 0.258 e. The second-order valence-electron chi connectivity index (χ2n) is 7.87. The number of rotatable bonds is 4. The monoisotopic (exact) mass is 491 g/mol. The topological polar surface area (TPSA) is 89.3 Å². The third-order valence-electron chi connectivity index (χ3n) is 5.46. The van der Waals surface area contributed by atoms with E-state index < -0.39 is 17.5 Å². The van der Waals surface area contributed by atoms with E-state index >= 15 is 0 Å². The quantitative estimate of drug-likeness (QED) is 0.532. The summed E-state index contributed by atoms with van der Waals surface area (Å²) in [5.41, 5.74) is 1.60. The second-order valence-corrected chi connectivity index (χ2v) is 8.23. The van der Waals surface area contributed by atoms with Crippen LogP contribution in [0.2, 0.25) is 0 Å². The van der Waals surface area contributed by atoms with E-state index in [9.17, 15) is 18.4 Å². The van der Waals surface area contributed by atoms with E-state index in [1.54, 1.807) is 17.9 Å². The Balaban J connectivity index is 1.61. The zero-order chi connectivity index (χ0) is 25.1. The van der Waals surface area contributed by atoms with Gasteiger partial charge in [0.25, 0.3) is 5.91 Å². The van der Waals surface area contributed by atoms with Crippen LogP contribution in [0.5, 0.6) is 0 Å². The van der Waals surface area contributed by atoms with Crippen molar-refractivity contribution in [1.29, 1.82) is 5.26 Å². The highest BCUT2D eigenvalue weighted by molar-refractivity contribution is 7.81. The molecule has 1 aliphatic rings. The molecule has 176 valence electrons. The molecule has 4 rings (SSSR count). The van der Waals surface area contributed by atoms with Crippen LogP contribution in [-0.2, 0) is 4.79 Å². The molecular weight excluding hydrogens is 472 g/mol. The lowest BCUT2D eigenvalue weighted by Gasteiger charge is -2.29. The van der Waals surface area contributed by atoms with Gasteiger partial charge in [-0.25, -0.2) is 13.8 Å². The number of nitrogens with zero attached hydrogens (tertiary/aromatic N) is 4. The third kappa shape index (κ3) is 5.00. The van der Waals surface area contributed by atoms with Gasteiger partial charge in [-0.05, 0) is 73.6 Å². The maximum absolute atomic E-state index is 15.0. The number of carbonyl (C=O) groups is 2. The van der Waals surface area contributed by atoms with Gasteiger partial charge in [-0.2, -0.15) is 5.26 Å². The molecule has 1 fully saturated rings. The van der Waals surface area contributed by atoms with Crippen molar-refractivity contribution in [3.8, 4) is 6.07 Å². The van der Waals surface area contributed by atoms with Crippen molar-refractivity contribution < 1.29 is 18.4 Å². The summed E-state index contributed by atoms with van der Waals surface area (Å²) in [4.78, 5) is 32.4. The van der Waals surface area contributed by atoms with E-state index in [0.29, 0.717) is 29.9 Å². The molecule has 1 aliphatic heterocycles. The van der Waals surface area contributed by atoms with Crippen LogP contribution in [0.25, 0.3) is 0 Å². The smallest absolute Gasteiger partial charge is 0.258 e. The van der Waals surface area contributed by atoms with E-state index in [2.05, 4.69) is 10.3 Å². The largest absolute Gasteiger partial charge is 0.322 e. The lowest BCUT2D eigenvalue weighted by molar-refractivity contribution is -0.117. The molecule has 2 amide bonds. The number of carbonyl (C=O) groups excluding carboxylic acids is 2. The minimum absolute atomic E-state index is 0.134. The summed E-state index contributed by atoms with van der Waals surface area (Å²) in [7, 11) is 0. The number of aryl methyl sites for hydroxylation is 1. The van der Waals surface area contributed by atoms with Gasteiger partial charge in [-0.15, -0.1) is 0 Å². The Hall–Kier alpha value is -4.23. The lowest BCUT2D eigenvalue weighted by Crippen LogP contribution is -2.44. The van der Waals surface area contributed by atoms with E-state index in [1.807, 2.05) is 6.07 Å². The number of nitriles is 1. The minimum Gasteiger partial charge on any atom is -0.322 e. The summed E-state index contributed by atoms with van der Waals surface area (Å²) in [5, 5.41) is 11.7. The minimum atomic E-state index is -0.794. The molecule has 2 heterocycles. The highest BCUT2D eigenvalue weighted by atomic mass is 32.1. The third-order valence-corrected chi connectivity index (χ3v) is 5.87. The van der Waals surface area contributed by atoms with Crippen molar-refractivity contribution in [1.82, 2.24) is 4.98 Å².